The minimum atomic E-state index is -4.43. The first-order valence-electron chi connectivity index (χ1n) is 5.27. The van der Waals surface area contributed by atoms with Crippen LogP contribution >= 0.6 is 11.6 Å². The van der Waals surface area contributed by atoms with Crippen LogP contribution in [0.5, 0.6) is 0 Å². The molecule has 0 saturated carbocycles. The van der Waals surface area contributed by atoms with Crippen LogP contribution in [0.4, 0.5) is 13.2 Å². The van der Waals surface area contributed by atoms with Gasteiger partial charge in [-0.05, 0) is 17.7 Å². The molecule has 0 saturated heterocycles. The van der Waals surface area contributed by atoms with Crippen molar-refractivity contribution in [3.63, 3.8) is 0 Å². The highest BCUT2D eigenvalue weighted by atomic mass is 35.5. The Hall–Kier alpha value is -1.82. The van der Waals surface area contributed by atoms with Crippen molar-refractivity contribution in [3.05, 3.63) is 62.5 Å². The molecule has 0 aliphatic rings. The van der Waals surface area contributed by atoms with Crippen LogP contribution in [0, 0.1) is 0 Å². The Morgan fingerprint density at radius 1 is 1.26 bits per heavy atom. The van der Waals surface area contributed by atoms with E-state index in [1.54, 1.807) is 0 Å². The van der Waals surface area contributed by atoms with Crippen LogP contribution in [-0.4, -0.2) is 10.2 Å². The lowest BCUT2D eigenvalue weighted by Crippen LogP contribution is -2.13. The summed E-state index contributed by atoms with van der Waals surface area (Å²) in [5.74, 6) is 0. The maximum Gasteiger partial charge on any atom is 0.416 e. The van der Waals surface area contributed by atoms with Gasteiger partial charge in [0.05, 0.1) is 11.3 Å². The third kappa shape index (κ3) is 3.14. The van der Waals surface area contributed by atoms with Gasteiger partial charge in [0.25, 0.3) is 5.56 Å². The molecule has 0 aliphatic heterocycles. The van der Waals surface area contributed by atoms with Crippen LogP contribution < -0.4 is 5.56 Å². The molecule has 1 aromatic carbocycles. The molecule has 0 aliphatic carbocycles. The zero-order valence-electron chi connectivity index (χ0n) is 9.46. The van der Waals surface area contributed by atoms with Gasteiger partial charge in [-0.25, -0.2) is 5.10 Å². The molecule has 0 atom stereocenters. The summed E-state index contributed by atoms with van der Waals surface area (Å²) in [6.45, 7) is 0. The van der Waals surface area contributed by atoms with Crippen molar-refractivity contribution in [3.8, 4) is 0 Å². The molecule has 0 radical (unpaired) electrons. The number of H-pyrrole nitrogens is 1. The summed E-state index contributed by atoms with van der Waals surface area (Å²) < 4.78 is 38.4. The van der Waals surface area contributed by atoms with E-state index < -0.39 is 17.3 Å². The second kappa shape index (κ2) is 5.05. The van der Waals surface area contributed by atoms with E-state index >= 15 is 0 Å². The maximum absolute atomic E-state index is 12.8. The Bertz CT molecular complexity index is 652. The van der Waals surface area contributed by atoms with Gasteiger partial charge in [0.1, 0.15) is 5.02 Å². The highest BCUT2D eigenvalue weighted by Crippen LogP contribution is 2.32. The summed E-state index contributed by atoms with van der Waals surface area (Å²) in [4.78, 5) is 11.0. The lowest BCUT2D eigenvalue weighted by atomic mass is 10.0. The van der Waals surface area contributed by atoms with Crippen LogP contribution in [0.25, 0.3) is 0 Å². The van der Waals surface area contributed by atoms with Crippen LogP contribution in [0.2, 0.25) is 5.02 Å². The summed E-state index contributed by atoms with van der Waals surface area (Å²) >= 11 is 5.60. The first kappa shape index (κ1) is 13.6. The molecule has 0 spiro atoms. The number of nitrogens with one attached hydrogen (secondary N) is 1. The molecule has 2 aromatic rings. The fraction of sp³-hybridized carbons (Fsp3) is 0.167. The Balaban J connectivity index is 2.38. The first-order valence-corrected chi connectivity index (χ1v) is 5.65. The summed E-state index contributed by atoms with van der Waals surface area (Å²) in [7, 11) is 0. The van der Waals surface area contributed by atoms with Gasteiger partial charge in [0.2, 0.25) is 0 Å². The van der Waals surface area contributed by atoms with Gasteiger partial charge in [-0.2, -0.15) is 18.3 Å². The quantitative estimate of drug-likeness (QED) is 0.923. The second-order valence-electron chi connectivity index (χ2n) is 3.87. The second-order valence-corrected chi connectivity index (χ2v) is 4.28. The molecule has 100 valence electrons. The van der Waals surface area contributed by atoms with Crippen LogP contribution in [0.15, 0.2) is 35.1 Å². The van der Waals surface area contributed by atoms with Crippen molar-refractivity contribution < 1.29 is 13.2 Å². The summed E-state index contributed by atoms with van der Waals surface area (Å²) in [6.07, 6.45) is -4.49. The van der Waals surface area contributed by atoms with E-state index in [0.717, 1.165) is 6.07 Å². The monoisotopic (exact) mass is 288 g/mol. The molecular weight excluding hydrogens is 281 g/mol. The number of aromatic nitrogens is 2. The van der Waals surface area contributed by atoms with E-state index in [2.05, 4.69) is 10.2 Å². The third-order valence-corrected chi connectivity index (χ3v) is 2.79. The topological polar surface area (TPSA) is 45.8 Å². The van der Waals surface area contributed by atoms with Gasteiger partial charge >= 0.3 is 6.18 Å². The number of alkyl halides is 3. The molecule has 7 heteroatoms. The van der Waals surface area contributed by atoms with Crippen molar-refractivity contribution in [2.24, 2.45) is 0 Å². The van der Waals surface area contributed by atoms with E-state index in [-0.39, 0.29) is 22.7 Å². The average molecular weight is 289 g/mol. The minimum Gasteiger partial charge on any atom is -0.266 e. The fourth-order valence-corrected chi connectivity index (χ4v) is 1.82. The standard InChI is InChI=1S/C12H8ClF3N2O/c13-10-6-8(17-18-11(10)19)5-7-3-1-2-4-9(7)12(14,15)16/h1-4,6H,5H2,(H,18,19). The number of rotatable bonds is 2. The Kier molecular flexibility index (Phi) is 3.61. The number of benzene rings is 1. The van der Waals surface area contributed by atoms with Crippen LogP contribution in [0.3, 0.4) is 0 Å². The minimum absolute atomic E-state index is 0.0633. The van der Waals surface area contributed by atoms with Crippen LogP contribution in [-0.2, 0) is 12.6 Å². The SMILES string of the molecule is O=c1[nH]nc(Cc2ccccc2C(F)(F)F)cc1Cl. The van der Waals surface area contributed by atoms with Crippen molar-refractivity contribution in [1.82, 2.24) is 10.2 Å². The van der Waals surface area contributed by atoms with E-state index in [9.17, 15) is 18.0 Å². The molecular formula is C12H8ClF3N2O. The van der Waals surface area contributed by atoms with Gasteiger partial charge in [0, 0.05) is 6.42 Å². The number of nitrogens with zero attached hydrogens (tertiary/aromatic N) is 1. The molecule has 2 rings (SSSR count). The summed E-state index contributed by atoms with van der Waals surface area (Å²) in [5.41, 5.74) is -0.958. The molecule has 3 nitrogen and oxygen atoms in total. The average Bonchev–Trinajstić information content (AvgIpc) is 2.33. The predicted octanol–water partition coefficient (Wildman–Crippen LogP) is 3.03. The molecule has 0 amide bonds. The van der Waals surface area contributed by atoms with Gasteiger partial charge in [0.15, 0.2) is 0 Å². The number of aromatic amines is 1. The number of hydrogen-bond donors (Lipinski definition) is 1. The highest BCUT2D eigenvalue weighted by molar-refractivity contribution is 6.30. The molecule has 0 fully saturated rings. The number of hydrogen-bond acceptors (Lipinski definition) is 2. The summed E-state index contributed by atoms with van der Waals surface area (Å²) in [5, 5.41) is 5.69. The first-order chi connectivity index (χ1) is 8.88. The lowest BCUT2D eigenvalue weighted by molar-refractivity contribution is -0.138. The van der Waals surface area contributed by atoms with Gasteiger partial charge < -0.3 is 0 Å². The lowest BCUT2D eigenvalue weighted by Gasteiger charge is -2.12. The van der Waals surface area contributed by atoms with E-state index in [4.69, 9.17) is 11.6 Å². The highest BCUT2D eigenvalue weighted by Gasteiger charge is 2.32. The molecule has 0 bridgehead atoms. The molecule has 1 aromatic heterocycles. The third-order valence-electron chi connectivity index (χ3n) is 2.51. The smallest absolute Gasteiger partial charge is 0.266 e. The molecule has 1 N–H and O–H groups in total. The molecule has 19 heavy (non-hydrogen) atoms. The van der Waals surface area contributed by atoms with E-state index in [0.29, 0.717) is 0 Å². The zero-order chi connectivity index (χ0) is 14.0. The summed E-state index contributed by atoms with van der Waals surface area (Å²) in [6, 6.07) is 6.46. The van der Waals surface area contributed by atoms with E-state index in [1.165, 1.54) is 24.3 Å². The van der Waals surface area contributed by atoms with Crippen LogP contribution in [0.1, 0.15) is 16.8 Å². The Labute approximate surface area is 111 Å². The van der Waals surface area contributed by atoms with Gasteiger partial charge in [-0.3, -0.25) is 4.79 Å². The Morgan fingerprint density at radius 2 is 1.95 bits per heavy atom. The van der Waals surface area contributed by atoms with Gasteiger partial charge in [-0.1, -0.05) is 29.8 Å². The molecule has 0 unspecified atom stereocenters. The maximum atomic E-state index is 12.8. The number of halogens is 4. The molecule has 1 heterocycles. The van der Waals surface area contributed by atoms with Gasteiger partial charge in [-0.15, -0.1) is 0 Å². The fourth-order valence-electron chi connectivity index (χ4n) is 1.66. The van der Waals surface area contributed by atoms with Crippen molar-refractivity contribution >= 4 is 11.6 Å². The van der Waals surface area contributed by atoms with Crippen molar-refractivity contribution in [2.45, 2.75) is 12.6 Å². The van der Waals surface area contributed by atoms with Crippen molar-refractivity contribution in [1.29, 1.82) is 0 Å². The largest absolute Gasteiger partial charge is 0.416 e. The van der Waals surface area contributed by atoms with Crippen molar-refractivity contribution in [2.75, 3.05) is 0 Å². The normalized spacial score (nSPS) is 11.6. The van der Waals surface area contributed by atoms with E-state index in [1.807, 2.05) is 0 Å². The Morgan fingerprint density at radius 3 is 2.58 bits per heavy atom. The predicted molar refractivity (Wildman–Crippen MR) is 64.1 cm³/mol. The zero-order valence-corrected chi connectivity index (χ0v) is 10.2.